The number of aliphatic hydroxyl groups excluding tert-OH is 1. The molecule has 17 nitrogen and oxygen atoms in total. The van der Waals surface area contributed by atoms with Crippen LogP contribution in [0.3, 0.4) is 0 Å². The Morgan fingerprint density at radius 1 is 0.295 bits per heavy atom. The largest absolute Gasteiger partial charge is 0.472 e. The fourth-order valence-corrected chi connectivity index (χ4v) is 13.1. The maximum atomic E-state index is 13.1. The van der Waals surface area contributed by atoms with E-state index in [2.05, 4.69) is 55.4 Å². The molecular weight excluding hydrogens is 1250 g/mol. The lowest BCUT2D eigenvalue weighted by atomic mass is 10.00. The first kappa shape index (κ1) is 93.1. The molecular formula is C76H148O17P2. The standard InChI is InChI=1S/C76H148O17P2/c1-9-69(8)55-47-39-34-35-41-49-57-74(79)87-63-72(93-75(80)58-50-42-32-26-18-14-12-10-11-13-16-22-28-36-44-52-66(2)3)65-91-95(84,85)89-61-70(77)60-88-94(82,83)90-64-71(92-76(81)59-51-43-33-27-21-20-24-30-38-46-54-68(6)7)62-86-73(78)56-48-40-31-25-19-15-17-23-29-37-45-53-67(4)5/h66-72,77H,9-65H2,1-8H3,(H,82,83)(H,84,85)/t69?,70-,71-,72-/m1/s1. The van der Waals surface area contributed by atoms with E-state index in [1.807, 2.05) is 0 Å². The van der Waals surface area contributed by atoms with Gasteiger partial charge in [-0.25, -0.2) is 9.13 Å². The van der Waals surface area contributed by atoms with Crippen molar-refractivity contribution in [3.05, 3.63) is 0 Å². The molecule has 0 aromatic rings. The van der Waals surface area contributed by atoms with Crippen molar-refractivity contribution in [2.45, 2.75) is 401 Å². The van der Waals surface area contributed by atoms with Gasteiger partial charge in [0.2, 0.25) is 0 Å². The maximum Gasteiger partial charge on any atom is 0.472 e. The predicted molar refractivity (Wildman–Crippen MR) is 386 cm³/mol. The van der Waals surface area contributed by atoms with Gasteiger partial charge in [-0.15, -0.1) is 0 Å². The predicted octanol–water partition coefficient (Wildman–Crippen LogP) is 22.0. The number of ether oxygens (including phenoxy) is 4. The van der Waals surface area contributed by atoms with E-state index in [9.17, 15) is 43.2 Å². The molecule has 0 aromatic heterocycles. The minimum Gasteiger partial charge on any atom is -0.462 e. The van der Waals surface area contributed by atoms with Crippen molar-refractivity contribution in [3.63, 3.8) is 0 Å². The van der Waals surface area contributed by atoms with E-state index in [0.29, 0.717) is 25.7 Å². The zero-order valence-corrected chi connectivity index (χ0v) is 64.1. The minimum absolute atomic E-state index is 0.105. The first-order chi connectivity index (χ1) is 45.6. The maximum absolute atomic E-state index is 13.1. The van der Waals surface area contributed by atoms with Gasteiger partial charge in [-0.1, -0.05) is 331 Å². The number of phosphoric acid groups is 2. The van der Waals surface area contributed by atoms with Crippen LogP contribution in [0, 0.1) is 23.7 Å². The van der Waals surface area contributed by atoms with Crippen molar-refractivity contribution >= 4 is 39.5 Å². The Morgan fingerprint density at radius 2 is 0.505 bits per heavy atom. The smallest absolute Gasteiger partial charge is 0.462 e. The van der Waals surface area contributed by atoms with Crippen molar-refractivity contribution in [2.24, 2.45) is 23.7 Å². The Kier molecular flexibility index (Phi) is 64.0. The molecule has 0 aliphatic carbocycles. The van der Waals surface area contributed by atoms with Gasteiger partial charge in [-0.2, -0.15) is 0 Å². The molecule has 19 heteroatoms. The van der Waals surface area contributed by atoms with E-state index < -0.39 is 97.5 Å². The monoisotopic (exact) mass is 1400 g/mol. The number of rotatable bonds is 73. The van der Waals surface area contributed by atoms with Crippen molar-refractivity contribution in [1.82, 2.24) is 0 Å². The molecule has 0 saturated heterocycles. The normalized spacial score (nSPS) is 14.4. The summed E-state index contributed by atoms with van der Waals surface area (Å²) in [6.07, 6.45) is 49.9. The van der Waals surface area contributed by atoms with E-state index >= 15 is 0 Å². The topological polar surface area (TPSA) is 237 Å². The molecule has 0 aliphatic heterocycles. The lowest BCUT2D eigenvalue weighted by Crippen LogP contribution is -2.30. The quantitative estimate of drug-likeness (QED) is 0.0222. The summed E-state index contributed by atoms with van der Waals surface area (Å²) >= 11 is 0. The van der Waals surface area contributed by atoms with E-state index in [-0.39, 0.29) is 25.7 Å². The molecule has 0 saturated carbocycles. The van der Waals surface area contributed by atoms with Crippen molar-refractivity contribution < 1.29 is 80.2 Å². The van der Waals surface area contributed by atoms with Gasteiger partial charge in [0.05, 0.1) is 26.4 Å². The van der Waals surface area contributed by atoms with Crippen LogP contribution in [0.5, 0.6) is 0 Å². The van der Waals surface area contributed by atoms with Crippen molar-refractivity contribution in [2.75, 3.05) is 39.6 Å². The van der Waals surface area contributed by atoms with Crippen LogP contribution >= 0.6 is 15.6 Å². The Morgan fingerprint density at radius 3 is 0.747 bits per heavy atom. The van der Waals surface area contributed by atoms with Gasteiger partial charge in [0.1, 0.15) is 19.3 Å². The van der Waals surface area contributed by atoms with E-state index in [0.717, 1.165) is 120 Å². The van der Waals surface area contributed by atoms with Gasteiger partial charge >= 0.3 is 39.5 Å². The van der Waals surface area contributed by atoms with Gasteiger partial charge in [-0.05, 0) is 49.4 Å². The highest BCUT2D eigenvalue weighted by Crippen LogP contribution is 2.45. The highest BCUT2D eigenvalue weighted by molar-refractivity contribution is 7.47. The SMILES string of the molecule is CCC(C)CCCCCCCCC(=O)OC[C@H](COP(=O)(O)OC[C@H](O)COP(=O)(O)OC[C@@H](COC(=O)CCCCCCCCCCCCCC(C)C)OC(=O)CCCCCCCCCCCCC(C)C)OC(=O)CCCCCCCCCCCCCCCCCC(C)C. The van der Waals surface area contributed by atoms with Gasteiger partial charge in [0, 0.05) is 25.7 Å². The van der Waals surface area contributed by atoms with Crippen LogP contribution in [-0.2, 0) is 65.4 Å². The molecule has 3 unspecified atom stereocenters. The molecule has 0 aliphatic rings. The number of carbonyl (C=O) groups is 4. The summed E-state index contributed by atoms with van der Waals surface area (Å²) in [6, 6.07) is 0. The Balaban J connectivity index is 5.24. The Bertz CT molecular complexity index is 1870. The molecule has 0 aromatic carbocycles. The highest BCUT2D eigenvalue weighted by atomic mass is 31.2. The van der Waals surface area contributed by atoms with Crippen LogP contribution in [0.4, 0.5) is 0 Å². The molecule has 564 valence electrons. The first-order valence-corrected chi connectivity index (χ1v) is 42.2. The Labute approximate surface area is 581 Å². The summed E-state index contributed by atoms with van der Waals surface area (Å²) in [5.41, 5.74) is 0. The summed E-state index contributed by atoms with van der Waals surface area (Å²) in [5, 5.41) is 10.6. The summed E-state index contributed by atoms with van der Waals surface area (Å²) in [4.78, 5) is 72.8. The second kappa shape index (κ2) is 65.4. The van der Waals surface area contributed by atoms with Gasteiger partial charge in [0.15, 0.2) is 12.2 Å². The number of esters is 4. The van der Waals surface area contributed by atoms with Gasteiger partial charge in [-0.3, -0.25) is 37.3 Å². The second-order valence-electron chi connectivity index (χ2n) is 29.1. The fraction of sp³-hybridized carbons (Fsp3) is 0.947. The number of phosphoric ester groups is 2. The Hall–Kier alpha value is -1.94. The average molecular weight is 1400 g/mol. The molecule has 6 atom stereocenters. The number of hydrogen-bond donors (Lipinski definition) is 3. The third kappa shape index (κ3) is 69.0. The van der Waals surface area contributed by atoms with Crippen LogP contribution < -0.4 is 0 Å². The van der Waals surface area contributed by atoms with Gasteiger partial charge in [0.25, 0.3) is 0 Å². The third-order valence-corrected chi connectivity index (χ3v) is 19.8. The van der Waals surface area contributed by atoms with Crippen LogP contribution in [0.15, 0.2) is 0 Å². The lowest BCUT2D eigenvalue weighted by molar-refractivity contribution is -0.161. The summed E-state index contributed by atoms with van der Waals surface area (Å²) in [6.45, 7) is 14.2. The number of aliphatic hydroxyl groups is 1. The number of unbranched alkanes of at least 4 members (excludes halogenated alkanes) is 38. The molecule has 0 bridgehead atoms. The second-order valence-corrected chi connectivity index (χ2v) is 32.0. The van der Waals surface area contributed by atoms with Crippen molar-refractivity contribution in [1.29, 1.82) is 0 Å². The first-order valence-electron chi connectivity index (χ1n) is 39.2. The molecule has 0 spiro atoms. The van der Waals surface area contributed by atoms with E-state index in [1.54, 1.807) is 0 Å². The van der Waals surface area contributed by atoms with Crippen molar-refractivity contribution in [3.8, 4) is 0 Å². The van der Waals surface area contributed by atoms with E-state index in [1.165, 1.54) is 180 Å². The molecule has 0 fully saturated rings. The van der Waals surface area contributed by atoms with Crippen LogP contribution in [0.2, 0.25) is 0 Å². The lowest BCUT2D eigenvalue weighted by Gasteiger charge is -2.21. The number of hydrogen-bond acceptors (Lipinski definition) is 15. The van der Waals surface area contributed by atoms with Gasteiger partial charge < -0.3 is 33.8 Å². The van der Waals surface area contributed by atoms with E-state index in [4.69, 9.17) is 37.0 Å². The van der Waals surface area contributed by atoms with Crippen LogP contribution in [0.25, 0.3) is 0 Å². The molecule has 0 rings (SSSR count). The molecule has 95 heavy (non-hydrogen) atoms. The molecule has 0 heterocycles. The highest BCUT2D eigenvalue weighted by Gasteiger charge is 2.30. The third-order valence-electron chi connectivity index (χ3n) is 17.9. The summed E-state index contributed by atoms with van der Waals surface area (Å²) in [5.74, 6) is 0.935. The molecule has 3 N–H and O–H groups in total. The summed E-state index contributed by atoms with van der Waals surface area (Å²) in [7, 11) is -9.91. The fourth-order valence-electron chi connectivity index (χ4n) is 11.5. The zero-order valence-electron chi connectivity index (χ0n) is 62.3. The number of carbonyl (C=O) groups excluding carboxylic acids is 4. The minimum atomic E-state index is -4.96. The van der Waals surface area contributed by atoms with Crippen LogP contribution in [0.1, 0.15) is 383 Å². The molecule has 0 radical (unpaired) electrons. The zero-order chi connectivity index (χ0) is 70.3. The molecule has 0 amide bonds. The summed E-state index contributed by atoms with van der Waals surface area (Å²) < 4.78 is 68.5. The average Bonchev–Trinajstić information content (AvgIpc) is 1.42. The van der Waals surface area contributed by atoms with Crippen LogP contribution in [-0.4, -0.2) is 96.7 Å².